The predicted molar refractivity (Wildman–Crippen MR) is 311 cm³/mol. The van der Waals surface area contributed by atoms with Crippen LogP contribution >= 0.6 is 0 Å². The Morgan fingerprint density at radius 2 is 0.528 bits per heavy atom. The Morgan fingerprint density at radius 1 is 0.278 bits per heavy atom. The Balaban J connectivity index is 4.25. The quantitative estimate of drug-likeness (QED) is 0.0261. The summed E-state index contributed by atoms with van der Waals surface area (Å²) in [5.41, 5.74) is 0. The number of unbranched alkanes of at least 4 members (excludes halogenated alkanes) is 33. The molecule has 0 aromatic heterocycles. The van der Waals surface area contributed by atoms with Gasteiger partial charge in [0.1, 0.15) is 13.2 Å². The highest BCUT2D eigenvalue weighted by Gasteiger charge is 2.19. The van der Waals surface area contributed by atoms with E-state index in [1.807, 2.05) is 0 Å². The van der Waals surface area contributed by atoms with Crippen molar-refractivity contribution in [1.82, 2.24) is 0 Å². The van der Waals surface area contributed by atoms with E-state index in [0.29, 0.717) is 19.3 Å². The highest BCUT2D eigenvalue weighted by Crippen LogP contribution is 2.16. The van der Waals surface area contributed by atoms with Gasteiger partial charge in [0.15, 0.2) is 6.10 Å². The van der Waals surface area contributed by atoms with Crippen molar-refractivity contribution >= 4 is 17.9 Å². The minimum absolute atomic E-state index is 0.0831. The average Bonchev–Trinajstić information content (AvgIpc) is 3.38. The monoisotopic (exact) mass is 1000 g/mol. The zero-order valence-corrected chi connectivity index (χ0v) is 47.7. The van der Waals surface area contributed by atoms with Gasteiger partial charge in [0.2, 0.25) is 0 Å². The molecule has 0 heterocycles. The molecule has 0 rings (SSSR count). The third-order valence-electron chi connectivity index (χ3n) is 13.4. The summed E-state index contributed by atoms with van der Waals surface area (Å²) < 4.78 is 16.9. The highest BCUT2D eigenvalue weighted by molar-refractivity contribution is 5.71. The van der Waals surface area contributed by atoms with E-state index < -0.39 is 6.10 Å². The number of carbonyl (C=O) groups is 3. The summed E-state index contributed by atoms with van der Waals surface area (Å²) in [7, 11) is 0. The van der Waals surface area contributed by atoms with Crippen LogP contribution in [0.25, 0.3) is 0 Å². The van der Waals surface area contributed by atoms with Gasteiger partial charge >= 0.3 is 17.9 Å². The molecule has 1 unspecified atom stereocenters. The van der Waals surface area contributed by atoms with Gasteiger partial charge in [-0.15, -0.1) is 0 Å². The minimum Gasteiger partial charge on any atom is -0.462 e. The maximum atomic E-state index is 12.8. The second kappa shape index (κ2) is 60.4. The SMILES string of the molecule is CCC/C=C\C/C=C\CCCCCCCC(=O)OCC(COC(=O)CCCCCCCCCCCCCC/C=C\C/C=C\C/C=C\CCCCCCC)OC(=O)CCCCCCC/C=C\CCCCCCC. The molecule has 0 radical (unpaired) electrons. The van der Waals surface area contributed by atoms with Gasteiger partial charge in [-0.2, -0.15) is 0 Å². The normalized spacial score (nSPS) is 12.5. The second-order valence-electron chi connectivity index (χ2n) is 20.6. The Bertz CT molecular complexity index is 1340. The van der Waals surface area contributed by atoms with Crippen LogP contribution in [-0.4, -0.2) is 37.2 Å². The van der Waals surface area contributed by atoms with Gasteiger partial charge in [0.05, 0.1) is 0 Å². The lowest BCUT2D eigenvalue weighted by Gasteiger charge is -2.18. The van der Waals surface area contributed by atoms with Crippen LogP contribution in [0.2, 0.25) is 0 Å². The van der Waals surface area contributed by atoms with Gasteiger partial charge < -0.3 is 14.2 Å². The molecule has 6 nitrogen and oxygen atoms in total. The lowest BCUT2D eigenvalue weighted by atomic mass is 10.0. The molecule has 1 atom stereocenters. The number of rotatable bonds is 56. The third-order valence-corrected chi connectivity index (χ3v) is 13.4. The summed E-state index contributed by atoms with van der Waals surface area (Å²) in [6.07, 6.45) is 77.6. The van der Waals surface area contributed by atoms with Gasteiger partial charge in [-0.25, -0.2) is 0 Å². The summed E-state index contributed by atoms with van der Waals surface area (Å²) in [6.45, 7) is 6.56. The van der Waals surface area contributed by atoms with Gasteiger partial charge in [0, 0.05) is 19.3 Å². The van der Waals surface area contributed by atoms with Crippen molar-refractivity contribution in [3.8, 4) is 0 Å². The molecule has 6 heteroatoms. The molecule has 0 spiro atoms. The van der Waals surface area contributed by atoms with Crippen LogP contribution in [0.4, 0.5) is 0 Å². The highest BCUT2D eigenvalue weighted by atomic mass is 16.6. The second-order valence-corrected chi connectivity index (χ2v) is 20.6. The molecule has 0 aromatic rings. The van der Waals surface area contributed by atoms with Gasteiger partial charge in [-0.05, 0) is 109 Å². The molecule has 0 aliphatic heterocycles. The first-order valence-corrected chi connectivity index (χ1v) is 30.9. The molecule has 0 fully saturated rings. The molecule has 72 heavy (non-hydrogen) atoms. The minimum atomic E-state index is -0.786. The van der Waals surface area contributed by atoms with Crippen molar-refractivity contribution in [1.29, 1.82) is 0 Å². The van der Waals surface area contributed by atoms with E-state index in [-0.39, 0.29) is 31.1 Å². The Kier molecular flexibility index (Phi) is 57.8. The van der Waals surface area contributed by atoms with Crippen LogP contribution in [0.3, 0.4) is 0 Å². The van der Waals surface area contributed by atoms with E-state index in [1.54, 1.807) is 0 Å². The largest absolute Gasteiger partial charge is 0.462 e. The molecule has 0 aromatic carbocycles. The molecule has 416 valence electrons. The first-order valence-electron chi connectivity index (χ1n) is 30.9. The average molecular weight is 1010 g/mol. The van der Waals surface area contributed by atoms with E-state index in [4.69, 9.17) is 14.2 Å². The van der Waals surface area contributed by atoms with Crippen LogP contribution in [0, 0.1) is 0 Å². The van der Waals surface area contributed by atoms with Crippen molar-refractivity contribution in [2.24, 2.45) is 0 Å². The van der Waals surface area contributed by atoms with Crippen molar-refractivity contribution in [3.63, 3.8) is 0 Å². The lowest BCUT2D eigenvalue weighted by molar-refractivity contribution is -0.167. The first-order chi connectivity index (χ1) is 35.5. The van der Waals surface area contributed by atoms with Crippen LogP contribution in [0.15, 0.2) is 72.9 Å². The first kappa shape index (κ1) is 68.8. The molecule has 0 saturated heterocycles. The maximum absolute atomic E-state index is 12.8. The Morgan fingerprint density at radius 3 is 0.847 bits per heavy atom. The summed E-state index contributed by atoms with van der Waals surface area (Å²) in [6, 6.07) is 0. The number of ether oxygens (including phenoxy) is 3. The fraction of sp³-hybridized carbons (Fsp3) is 0.773. The van der Waals surface area contributed by atoms with Gasteiger partial charge in [0.25, 0.3) is 0 Å². The van der Waals surface area contributed by atoms with Crippen molar-refractivity contribution in [2.75, 3.05) is 13.2 Å². The van der Waals surface area contributed by atoms with Crippen LogP contribution in [-0.2, 0) is 28.6 Å². The third kappa shape index (κ3) is 57.7. The van der Waals surface area contributed by atoms with E-state index in [2.05, 4.69) is 93.7 Å². The summed E-state index contributed by atoms with van der Waals surface area (Å²) in [4.78, 5) is 38.2. The van der Waals surface area contributed by atoms with Crippen molar-refractivity contribution in [3.05, 3.63) is 72.9 Å². The van der Waals surface area contributed by atoms with Crippen molar-refractivity contribution in [2.45, 2.75) is 316 Å². The Hall–Kier alpha value is -3.15. The zero-order chi connectivity index (χ0) is 52.2. The van der Waals surface area contributed by atoms with Gasteiger partial charge in [-0.3, -0.25) is 14.4 Å². The molecule has 0 N–H and O–H groups in total. The molecular formula is C66H116O6. The summed E-state index contributed by atoms with van der Waals surface area (Å²) in [5, 5.41) is 0. The fourth-order valence-electron chi connectivity index (χ4n) is 8.72. The summed E-state index contributed by atoms with van der Waals surface area (Å²) in [5.74, 6) is -0.898. The van der Waals surface area contributed by atoms with Crippen LogP contribution < -0.4 is 0 Å². The topological polar surface area (TPSA) is 78.9 Å². The van der Waals surface area contributed by atoms with Gasteiger partial charge in [-0.1, -0.05) is 254 Å². The molecule has 0 bridgehead atoms. The summed E-state index contributed by atoms with van der Waals surface area (Å²) >= 11 is 0. The molecule has 0 aliphatic carbocycles. The maximum Gasteiger partial charge on any atom is 0.306 e. The van der Waals surface area contributed by atoms with E-state index >= 15 is 0 Å². The van der Waals surface area contributed by atoms with Crippen LogP contribution in [0.1, 0.15) is 310 Å². The molecule has 0 saturated carbocycles. The number of hydrogen-bond acceptors (Lipinski definition) is 6. The zero-order valence-electron chi connectivity index (χ0n) is 47.7. The number of esters is 3. The lowest BCUT2D eigenvalue weighted by Crippen LogP contribution is -2.30. The number of hydrogen-bond donors (Lipinski definition) is 0. The molecule has 0 aliphatic rings. The number of allylic oxidation sites excluding steroid dienone is 12. The number of carbonyl (C=O) groups excluding carboxylic acids is 3. The van der Waals surface area contributed by atoms with E-state index in [1.165, 1.54) is 161 Å². The van der Waals surface area contributed by atoms with Crippen molar-refractivity contribution < 1.29 is 28.6 Å². The van der Waals surface area contributed by atoms with Crippen LogP contribution in [0.5, 0.6) is 0 Å². The van der Waals surface area contributed by atoms with E-state index in [0.717, 1.165) is 109 Å². The molecule has 0 amide bonds. The predicted octanol–water partition coefficient (Wildman–Crippen LogP) is 20.9. The van der Waals surface area contributed by atoms with E-state index in [9.17, 15) is 14.4 Å². The standard InChI is InChI=1S/C66H116O6/c1-4-7-10-13-16-19-22-25-27-28-29-30-31-32-33-34-35-36-37-38-39-42-44-47-50-53-56-59-65(68)71-62-63(61-70-64(67)58-55-52-49-46-43-40-24-21-18-15-12-9-6-3)72-66(69)60-57-54-51-48-45-41-26-23-20-17-14-11-8-5-2/h12,15,21-26,28-29,31-32,63H,4-11,13-14,16-20,27,30,33-62H2,1-3H3/b15-12-,24-21-,25-22-,26-23-,29-28-,32-31-. The fourth-order valence-corrected chi connectivity index (χ4v) is 8.72. The Labute approximate surface area is 446 Å². The smallest absolute Gasteiger partial charge is 0.306 e. The molecular weight excluding hydrogens is 889 g/mol.